The number of aromatic nitrogens is 3. The molecule has 2 aromatic rings. The molecule has 2 heterocycles. The average Bonchev–Trinajstić information content (AvgIpc) is 2.63. The van der Waals surface area contributed by atoms with Gasteiger partial charge in [0, 0.05) is 25.1 Å². The molecular weight excluding hydrogens is 188 g/mol. The quantitative estimate of drug-likeness (QED) is 0.795. The summed E-state index contributed by atoms with van der Waals surface area (Å²) in [5.41, 5.74) is 9.18. The molecule has 0 saturated carbocycles. The van der Waals surface area contributed by atoms with Crippen LogP contribution in [-0.4, -0.2) is 14.8 Å². The number of pyridine rings is 1. The highest BCUT2D eigenvalue weighted by Crippen LogP contribution is 2.18. The number of nitrogens with two attached hydrogens (primary N) is 1. The second-order valence-electron chi connectivity index (χ2n) is 3.59. The molecule has 4 heteroatoms. The van der Waals surface area contributed by atoms with Gasteiger partial charge in [-0.05, 0) is 30.7 Å². The molecule has 0 amide bonds. The Bertz CT molecular complexity index is 461. The Hall–Kier alpha value is -1.68. The summed E-state index contributed by atoms with van der Waals surface area (Å²) in [5.74, 6) is 0. The molecular formula is C11H14N4. The van der Waals surface area contributed by atoms with Crippen LogP contribution in [0.25, 0.3) is 0 Å². The third-order valence-corrected chi connectivity index (χ3v) is 2.46. The van der Waals surface area contributed by atoms with Crippen molar-refractivity contribution >= 4 is 0 Å². The minimum absolute atomic E-state index is 0.140. The lowest BCUT2D eigenvalue weighted by molar-refractivity contribution is 0.672. The molecule has 0 bridgehead atoms. The van der Waals surface area contributed by atoms with Crippen molar-refractivity contribution in [1.82, 2.24) is 14.8 Å². The van der Waals surface area contributed by atoms with Crippen LogP contribution in [0.1, 0.15) is 23.0 Å². The van der Waals surface area contributed by atoms with Crippen LogP contribution in [0.4, 0.5) is 0 Å². The molecule has 1 atom stereocenters. The van der Waals surface area contributed by atoms with Crippen molar-refractivity contribution in [2.75, 3.05) is 0 Å². The molecule has 0 spiro atoms. The fraction of sp³-hybridized carbons (Fsp3) is 0.273. The molecule has 0 aliphatic carbocycles. The predicted octanol–water partition coefficient (Wildman–Crippen LogP) is 1.17. The van der Waals surface area contributed by atoms with Crippen LogP contribution in [0.2, 0.25) is 0 Å². The van der Waals surface area contributed by atoms with Gasteiger partial charge in [-0.1, -0.05) is 0 Å². The van der Waals surface area contributed by atoms with E-state index in [2.05, 4.69) is 10.1 Å². The third-order valence-electron chi connectivity index (χ3n) is 2.46. The molecule has 2 aromatic heterocycles. The van der Waals surface area contributed by atoms with Crippen molar-refractivity contribution in [3.05, 3.63) is 47.5 Å². The second-order valence-corrected chi connectivity index (χ2v) is 3.59. The van der Waals surface area contributed by atoms with Gasteiger partial charge in [0.15, 0.2) is 0 Å². The summed E-state index contributed by atoms with van der Waals surface area (Å²) in [6.07, 6.45) is 3.53. The largest absolute Gasteiger partial charge is 0.319 e. The van der Waals surface area contributed by atoms with Gasteiger partial charge in [-0.25, -0.2) is 0 Å². The number of nitrogens with zero attached hydrogens (tertiary/aromatic N) is 3. The van der Waals surface area contributed by atoms with Crippen LogP contribution in [0.15, 0.2) is 30.6 Å². The van der Waals surface area contributed by atoms with Gasteiger partial charge in [-0.3, -0.25) is 9.67 Å². The van der Waals surface area contributed by atoms with E-state index < -0.39 is 0 Å². The van der Waals surface area contributed by atoms with Crippen molar-refractivity contribution in [3.63, 3.8) is 0 Å². The molecule has 0 radical (unpaired) electrons. The molecule has 0 aromatic carbocycles. The fourth-order valence-electron chi connectivity index (χ4n) is 1.62. The Labute approximate surface area is 88.8 Å². The summed E-state index contributed by atoms with van der Waals surface area (Å²) in [5, 5.41) is 4.11. The SMILES string of the molecule is Cc1cc(C(N)c2ccnn2C)ccn1. The molecule has 0 saturated heterocycles. The van der Waals surface area contributed by atoms with E-state index in [1.54, 1.807) is 17.1 Å². The topological polar surface area (TPSA) is 56.7 Å². The van der Waals surface area contributed by atoms with E-state index in [0.717, 1.165) is 17.0 Å². The van der Waals surface area contributed by atoms with Crippen molar-refractivity contribution in [3.8, 4) is 0 Å². The van der Waals surface area contributed by atoms with Gasteiger partial charge in [0.05, 0.1) is 11.7 Å². The van der Waals surface area contributed by atoms with Crippen molar-refractivity contribution < 1.29 is 0 Å². The van der Waals surface area contributed by atoms with Crippen LogP contribution in [-0.2, 0) is 7.05 Å². The maximum absolute atomic E-state index is 6.14. The van der Waals surface area contributed by atoms with Crippen LogP contribution in [0.3, 0.4) is 0 Å². The standard InChI is InChI=1S/C11H14N4/c1-8-7-9(3-5-13-8)11(12)10-4-6-14-15(10)2/h3-7,11H,12H2,1-2H3. The maximum Gasteiger partial charge on any atom is 0.0724 e. The molecule has 0 fully saturated rings. The zero-order valence-corrected chi connectivity index (χ0v) is 8.88. The molecule has 4 nitrogen and oxygen atoms in total. The van der Waals surface area contributed by atoms with Gasteiger partial charge in [-0.15, -0.1) is 0 Å². The van der Waals surface area contributed by atoms with Crippen LogP contribution < -0.4 is 5.73 Å². The Kier molecular flexibility index (Phi) is 2.51. The Morgan fingerprint density at radius 3 is 2.73 bits per heavy atom. The van der Waals surface area contributed by atoms with E-state index in [9.17, 15) is 0 Å². The number of aryl methyl sites for hydroxylation is 2. The van der Waals surface area contributed by atoms with Gasteiger partial charge >= 0.3 is 0 Å². The second kappa shape index (κ2) is 3.82. The monoisotopic (exact) mass is 202 g/mol. The van der Waals surface area contributed by atoms with Crippen LogP contribution >= 0.6 is 0 Å². The van der Waals surface area contributed by atoms with Crippen molar-refractivity contribution in [1.29, 1.82) is 0 Å². The Morgan fingerprint density at radius 1 is 1.33 bits per heavy atom. The average molecular weight is 202 g/mol. The summed E-state index contributed by atoms with van der Waals surface area (Å²) in [6.45, 7) is 1.96. The molecule has 2 N–H and O–H groups in total. The lowest BCUT2D eigenvalue weighted by atomic mass is 10.1. The first-order chi connectivity index (χ1) is 7.18. The van der Waals surface area contributed by atoms with Crippen molar-refractivity contribution in [2.24, 2.45) is 12.8 Å². The summed E-state index contributed by atoms with van der Waals surface area (Å²) in [4.78, 5) is 4.15. The van der Waals surface area contributed by atoms with Crippen LogP contribution in [0, 0.1) is 6.92 Å². The Balaban J connectivity index is 2.36. The van der Waals surface area contributed by atoms with Gasteiger partial charge in [0.1, 0.15) is 0 Å². The van der Waals surface area contributed by atoms with Gasteiger partial charge in [0.2, 0.25) is 0 Å². The zero-order chi connectivity index (χ0) is 10.8. The van der Waals surface area contributed by atoms with Crippen molar-refractivity contribution in [2.45, 2.75) is 13.0 Å². The minimum Gasteiger partial charge on any atom is -0.319 e. The summed E-state index contributed by atoms with van der Waals surface area (Å²) >= 11 is 0. The molecule has 15 heavy (non-hydrogen) atoms. The highest BCUT2D eigenvalue weighted by molar-refractivity contribution is 5.26. The van der Waals surface area contributed by atoms with E-state index in [-0.39, 0.29) is 6.04 Å². The number of rotatable bonds is 2. The summed E-state index contributed by atoms with van der Waals surface area (Å²) in [6, 6.07) is 5.72. The molecule has 0 aliphatic rings. The smallest absolute Gasteiger partial charge is 0.0724 e. The minimum atomic E-state index is -0.140. The van der Waals surface area contributed by atoms with E-state index in [1.807, 2.05) is 32.2 Å². The lowest BCUT2D eigenvalue weighted by Gasteiger charge is -2.12. The lowest BCUT2D eigenvalue weighted by Crippen LogP contribution is -2.16. The molecule has 78 valence electrons. The van der Waals surface area contributed by atoms with Gasteiger partial charge in [-0.2, -0.15) is 5.10 Å². The number of hydrogen-bond acceptors (Lipinski definition) is 3. The fourth-order valence-corrected chi connectivity index (χ4v) is 1.62. The first-order valence-corrected chi connectivity index (χ1v) is 4.84. The molecule has 0 aliphatic heterocycles. The van der Waals surface area contributed by atoms with Gasteiger partial charge < -0.3 is 5.73 Å². The van der Waals surface area contributed by atoms with E-state index in [1.165, 1.54) is 0 Å². The number of hydrogen-bond donors (Lipinski definition) is 1. The molecule has 2 rings (SSSR count). The summed E-state index contributed by atoms with van der Waals surface area (Å²) in [7, 11) is 1.89. The first-order valence-electron chi connectivity index (χ1n) is 4.84. The van der Waals surface area contributed by atoms with Gasteiger partial charge in [0.25, 0.3) is 0 Å². The maximum atomic E-state index is 6.14. The van der Waals surface area contributed by atoms with Crippen LogP contribution in [0.5, 0.6) is 0 Å². The third kappa shape index (κ3) is 1.89. The Morgan fingerprint density at radius 2 is 2.13 bits per heavy atom. The molecule has 1 unspecified atom stereocenters. The summed E-state index contributed by atoms with van der Waals surface area (Å²) < 4.78 is 1.79. The predicted molar refractivity (Wildman–Crippen MR) is 58.2 cm³/mol. The first kappa shape index (κ1) is 9.86. The highest BCUT2D eigenvalue weighted by Gasteiger charge is 2.12. The van der Waals surface area contributed by atoms with E-state index in [4.69, 9.17) is 5.73 Å². The normalized spacial score (nSPS) is 12.7. The van der Waals surface area contributed by atoms with E-state index >= 15 is 0 Å². The zero-order valence-electron chi connectivity index (χ0n) is 8.88. The highest BCUT2D eigenvalue weighted by atomic mass is 15.3. The van der Waals surface area contributed by atoms with E-state index in [0.29, 0.717) is 0 Å².